The molecule has 1 heterocycles. The minimum absolute atomic E-state index is 0.101. The molecule has 1 aromatic heterocycles. The molecule has 6 nitrogen and oxygen atoms in total. The average molecular weight is 384 g/mol. The smallest absolute Gasteiger partial charge is 0.305 e. The van der Waals surface area contributed by atoms with E-state index in [4.69, 9.17) is 4.74 Å². The predicted molar refractivity (Wildman–Crippen MR) is 108 cm³/mol. The molecule has 150 valence electrons. The molecule has 0 spiro atoms. The topological polar surface area (TPSA) is 88.5 Å². The van der Waals surface area contributed by atoms with Gasteiger partial charge < -0.3 is 15.2 Å². The molecule has 2 rings (SSSR count). The van der Waals surface area contributed by atoms with Crippen molar-refractivity contribution in [1.29, 1.82) is 0 Å². The summed E-state index contributed by atoms with van der Waals surface area (Å²) >= 11 is 0. The van der Waals surface area contributed by atoms with Gasteiger partial charge in [0.1, 0.15) is 12.4 Å². The highest BCUT2D eigenvalue weighted by atomic mass is 16.5. The Morgan fingerprint density at radius 3 is 2.32 bits per heavy atom. The number of aryl methyl sites for hydroxylation is 2. The molecule has 1 amide bonds. The number of aromatic nitrogens is 1. The fourth-order valence-electron chi connectivity index (χ4n) is 3.27. The van der Waals surface area contributed by atoms with Crippen molar-refractivity contribution in [3.8, 4) is 5.75 Å². The number of ether oxygens (including phenoxy) is 1. The Kier molecular flexibility index (Phi) is 7.15. The summed E-state index contributed by atoms with van der Waals surface area (Å²) in [5.41, 5.74) is 2.42. The van der Waals surface area contributed by atoms with Crippen LogP contribution in [0.2, 0.25) is 0 Å². The zero-order valence-electron chi connectivity index (χ0n) is 16.9. The fraction of sp³-hybridized carbons (Fsp3) is 0.409. The van der Waals surface area contributed by atoms with E-state index in [9.17, 15) is 14.7 Å². The molecule has 2 aromatic rings. The summed E-state index contributed by atoms with van der Waals surface area (Å²) in [4.78, 5) is 28.1. The molecule has 0 fully saturated rings. The van der Waals surface area contributed by atoms with Crippen LogP contribution in [0.15, 0.2) is 36.7 Å². The van der Waals surface area contributed by atoms with Crippen LogP contribution >= 0.6 is 0 Å². The van der Waals surface area contributed by atoms with Crippen molar-refractivity contribution in [2.24, 2.45) is 0 Å². The third kappa shape index (κ3) is 5.31. The van der Waals surface area contributed by atoms with Gasteiger partial charge in [0.15, 0.2) is 0 Å². The Hall–Kier alpha value is -2.89. The van der Waals surface area contributed by atoms with Gasteiger partial charge >= 0.3 is 5.97 Å². The number of amides is 1. The standard InChI is InChI=1S/C22H28N2O4/c1-5-22(6-2,12-19(25)26)24-21(27)18-10-15(3)20(16(4)11-18)28-14-17-8-7-9-23-13-17/h7-11,13H,5-6,12,14H2,1-4H3,(H,24,27)(H,25,26). The van der Waals surface area contributed by atoms with Gasteiger partial charge in [-0.25, -0.2) is 0 Å². The number of nitrogens with zero attached hydrogens (tertiary/aromatic N) is 1. The molecule has 0 aliphatic heterocycles. The van der Waals surface area contributed by atoms with Crippen LogP contribution in [0.1, 0.15) is 60.2 Å². The highest BCUT2D eigenvalue weighted by molar-refractivity contribution is 5.95. The van der Waals surface area contributed by atoms with E-state index < -0.39 is 11.5 Å². The van der Waals surface area contributed by atoms with Gasteiger partial charge in [-0.1, -0.05) is 19.9 Å². The van der Waals surface area contributed by atoms with Crippen LogP contribution in [-0.2, 0) is 11.4 Å². The van der Waals surface area contributed by atoms with Gasteiger partial charge in [0, 0.05) is 23.5 Å². The zero-order valence-corrected chi connectivity index (χ0v) is 16.9. The second-order valence-electron chi connectivity index (χ2n) is 7.10. The molecule has 2 N–H and O–H groups in total. The third-order valence-electron chi connectivity index (χ3n) is 5.05. The van der Waals surface area contributed by atoms with Crippen molar-refractivity contribution in [2.75, 3.05) is 0 Å². The minimum Gasteiger partial charge on any atom is -0.488 e. The second-order valence-corrected chi connectivity index (χ2v) is 7.10. The molecule has 0 saturated carbocycles. The first kappa shape index (κ1) is 21.4. The summed E-state index contributed by atoms with van der Waals surface area (Å²) in [7, 11) is 0. The summed E-state index contributed by atoms with van der Waals surface area (Å²) in [6, 6.07) is 7.35. The van der Waals surface area contributed by atoms with E-state index in [0.717, 1.165) is 22.4 Å². The van der Waals surface area contributed by atoms with Gasteiger partial charge in [-0.15, -0.1) is 0 Å². The number of hydrogen-bond donors (Lipinski definition) is 2. The van der Waals surface area contributed by atoms with Crippen LogP contribution in [0.3, 0.4) is 0 Å². The van der Waals surface area contributed by atoms with E-state index in [-0.39, 0.29) is 12.3 Å². The third-order valence-corrected chi connectivity index (χ3v) is 5.05. The first-order chi connectivity index (χ1) is 13.3. The van der Waals surface area contributed by atoms with Crippen molar-refractivity contribution in [3.63, 3.8) is 0 Å². The van der Waals surface area contributed by atoms with Crippen LogP contribution in [0.4, 0.5) is 0 Å². The van der Waals surface area contributed by atoms with Crippen LogP contribution in [0.25, 0.3) is 0 Å². The Morgan fingerprint density at radius 1 is 1.18 bits per heavy atom. The minimum atomic E-state index is -0.921. The molecule has 0 saturated heterocycles. The summed E-state index contributed by atoms with van der Waals surface area (Å²) in [6.45, 7) is 7.96. The van der Waals surface area contributed by atoms with E-state index in [1.54, 1.807) is 24.5 Å². The monoisotopic (exact) mass is 384 g/mol. The SMILES string of the molecule is CCC(CC)(CC(=O)O)NC(=O)c1cc(C)c(OCc2cccnc2)c(C)c1. The van der Waals surface area contributed by atoms with Crippen LogP contribution < -0.4 is 10.1 Å². The highest BCUT2D eigenvalue weighted by Gasteiger charge is 2.31. The first-order valence-electron chi connectivity index (χ1n) is 9.47. The largest absolute Gasteiger partial charge is 0.488 e. The normalized spacial score (nSPS) is 11.1. The second kappa shape index (κ2) is 9.35. The van der Waals surface area contributed by atoms with Crippen LogP contribution in [0.5, 0.6) is 5.75 Å². The van der Waals surface area contributed by atoms with Crippen molar-refractivity contribution < 1.29 is 19.4 Å². The lowest BCUT2D eigenvalue weighted by atomic mass is 9.88. The lowest BCUT2D eigenvalue weighted by molar-refractivity contribution is -0.138. The molecule has 0 aliphatic carbocycles. The lowest BCUT2D eigenvalue weighted by Gasteiger charge is -2.31. The molecule has 6 heteroatoms. The number of aliphatic carboxylic acids is 1. The summed E-state index contributed by atoms with van der Waals surface area (Å²) in [5.74, 6) is -0.450. The predicted octanol–water partition coefficient (Wildman–Crippen LogP) is 4.04. The quantitative estimate of drug-likeness (QED) is 0.681. The number of carboxylic acid groups (broad SMARTS) is 1. The number of nitrogens with one attached hydrogen (secondary N) is 1. The number of benzene rings is 1. The number of hydrogen-bond acceptors (Lipinski definition) is 4. The van der Waals surface area contributed by atoms with Gasteiger partial charge in [0.2, 0.25) is 0 Å². The zero-order chi connectivity index (χ0) is 20.7. The first-order valence-corrected chi connectivity index (χ1v) is 9.47. The lowest BCUT2D eigenvalue weighted by Crippen LogP contribution is -2.49. The maximum absolute atomic E-state index is 12.8. The Bertz CT molecular complexity index is 807. The van der Waals surface area contributed by atoms with E-state index >= 15 is 0 Å². The highest BCUT2D eigenvalue weighted by Crippen LogP contribution is 2.27. The fourth-order valence-corrected chi connectivity index (χ4v) is 3.27. The van der Waals surface area contributed by atoms with E-state index in [1.807, 2.05) is 39.8 Å². The maximum atomic E-state index is 12.8. The molecular weight excluding hydrogens is 356 g/mol. The molecule has 28 heavy (non-hydrogen) atoms. The number of carbonyl (C=O) groups is 2. The van der Waals surface area contributed by atoms with Gasteiger partial charge in [-0.2, -0.15) is 0 Å². The molecule has 0 atom stereocenters. The molecule has 1 aromatic carbocycles. The van der Waals surface area contributed by atoms with Crippen molar-refractivity contribution in [2.45, 2.75) is 59.1 Å². The van der Waals surface area contributed by atoms with E-state index in [2.05, 4.69) is 10.3 Å². The van der Waals surface area contributed by atoms with Crippen LogP contribution in [0, 0.1) is 13.8 Å². The van der Waals surface area contributed by atoms with Crippen molar-refractivity contribution in [3.05, 3.63) is 58.9 Å². The van der Waals surface area contributed by atoms with Gasteiger partial charge in [0.05, 0.1) is 12.0 Å². The average Bonchev–Trinajstić information content (AvgIpc) is 2.67. The van der Waals surface area contributed by atoms with Gasteiger partial charge in [-0.3, -0.25) is 14.6 Å². The Labute approximate surface area is 166 Å². The Morgan fingerprint density at radius 2 is 1.82 bits per heavy atom. The number of carbonyl (C=O) groups excluding carboxylic acids is 1. The molecule has 0 aliphatic rings. The van der Waals surface area contributed by atoms with E-state index in [0.29, 0.717) is 25.0 Å². The molecule has 0 bridgehead atoms. The molecule has 0 unspecified atom stereocenters. The van der Waals surface area contributed by atoms with E-state index in [1.165, 1.54) is 0 Å². The van der Waals surface area contributed by atoms with Crippen molar-refractivity contribution >= 4 is 11.9 Å². The summed E-state index contributed by atoms with van der Waals surface area (Å²) < 4.78 is 5.93. The molecule has 0 radical (unpaired) electrons. The number of rotatable bonds is 9. The maximum Gasteiger partial charge on any atom is 0.305 e. The number of pyridine rings is 1. The number of carboxylic acids is 1. The van der Waals surface area contributed by atoms with Crippen LogP contribution in [-0.4, -0.2) is 27.5 Å². The summed E-state index contributed by atoms with van der Waals surface area (Å²) in [5, 5.41) is 12.1. The van der Waals surface area contributed by atoms with Crippen molar-refractivity contribution in [1.82, 2.24) is 10.3 Å². The summed E-state index contributed by atoms with van der Waals surface area (Å²) in [6.07, 6.45) is 4.46. The molecular formula is C22H28N2O4. The van der Waals surface area contributed by atoms with Gasteiger partial charge in [0.25, 0.3) is 5.91 Å². The Balaban J connectivity index is 2.18. The van der Waals surface area contributed by atoms with Gasteiger partial charge in [-0.05, 0) is 56.0 Å².